The lowest BCUT2D eigenvalue weighted by atomic mass is 9.90. The first-order chi connectivity index (χ1) is 7.09. The molecule has 1 aromatic heterocycles. The average molecular weight is 238 g/mol. The van der Waals surface area contributed by atoms with Crippen LogP contribution in [0.1, 0.15) is 56.1 Å². The monoisotopic (exact) mass is 238 g/mol. The van der Waals surface area contributed by atoms with Crippen molar-refractivity contribution in [3.05, 3.63) is 21.9 Å². The molecule has 90 valence electrons. The molecule has 1 aromatic rings. The minimum atomic E-state index is -0.274. The zero-order valence-corrected chi connectivity index (χ0v) is 12.0. The van der Waals surface area contributed by atoms with Gasteiger partial charge >= 0.3 is 0 Å². The van der Waals surface area contributed by atoms with Gasteiger partial charge in [0.15, 0.2) is 5.78 Å². The maximum atomic E-state index is 12.1. The fourth-order valence-corrected chi connectivity index (χ4v) is 2.95. The zero-order valence-electron chi connectivity index (χ0n) is 11.2. The molecule has 0 aliphatic carbocycles. The predicted molar refractivity (Wildman–Crippen MR) is 71.3 cm³/mol. The summed E-state index contributed by atoms with van der Waals surface area (Å²) in [7, 11) is 0. The van der Waals surface area contributed by atoms with Crippen molar-refractivity contribution in [2.24, 2.45) is 10.8 Å². The van der Waals surface area contributed by atoms with E-state index in [1.165, 1.54) is 4.88 Å². The van der Waals surface area contributed by atoms with Gasteiger partial charge in [-0.25, -0.2) is 0 Å². The smallest absolute Gasteiger partial charge is 0.178 e. The Labute approximate surface area is 103 Å². The van der Waals surface area contributed by atoms with Crippen molar-refractivity contribution < 1.29 is 4.79 Å². The number of hydrogen-bond acceptors (Lipinski definition) is 2. The summed E-state index contributed by atoms with van der Waals surface area (Å²) in [5, 5.41) is 0. The van der Waals surface area contributed by atoms with Gasteiger partial charge in [0.2, 0.25) is 0 Å². The van der Waals surface area contributed by atoms with Crippen molar-refractivity contribution in [1.82, 2.24) is 0 Å². The van der Waals surface area contributed by atoms with E-state index >= 15 is 0 Å². The summed E-state index contributed by atoms with van der Waals surface area (Å²) in [6.45, 7) is 12.6. The Balaban J connectivity index is 2.84. The SMILES string of the molecule is CC(C)(C)Cc1ccc(C(=O)C(C)(C)C)s1. The van der Waals surface area contributed by atoms with Crippen molar-refractivity contribution in [2.75, 3.05) is 0 Å². The second kappa shape index (κ2) is 4.33. The molecule has 0 saturated heterocycles. The molecule has 1 heterocycles. The average Bonchev–Trinajstić information content (AvgIpc) is 2.46. The fourth-order valence-electron chi connectivity index (χ4n) is 1.49. The summed E-state index contributed by atoms with van der Waals surface area (Å²) in [6.07, 6.45) is 1.04. The molecule has 0 aliphatic rings. The molecular formula is C14H22OS. The number of rotatable bonds is 2. The molecule has 0 aromatic carbocycles. The summed E-state index contributed by atoms with van der Waals surface area (Å²) in [4.78, 5) is 14.3. The van der Waals surface area contributed by atoms with Crippen LogP contribution < -0.4 is 0 Å². The van der Waals surface area contributed by atoms with Crippen LogP contribution >= 0.6 is 11.3 Å². The summed E-state index contributed by atoms with van der Waals surface area (Å²) in [5.74, 6) is 0.248. The van der Waals surface area contributed by atoms with Gasteiger partial charge in [0.1, 0.15) is 0 Å². The number of carbonyl (C=O) groups is 1. The lowest BCUT2D eigenvalue weighted by molar-refractivity contribution is 0.0863. The fraction of sp³-hybridized carbons (Fsp3) is 0.643. The Morgan fingerprint density at radius 3 is 2.12 bits per heavy atom. The maximum absolute atomic E-state index is 12.1. The van der Waals surface area contributed by atoms with Crippen molar-refractivity contribution >= 4 is 17.1 Å². The third-order valence-corrected chi connectivity index (χ3v) is 3.36. The van der Waals surface area contributed by atoms with Crippen LogP contribution in [0.2, 0.25) is 0 Å². The Bertz CT molecular complexity index is 374. The first-order valence-electron chi connectivity index (χ1n) is 5.73. The number of carbonyl (C=O) groups excluding carboxylic acids is 1. The summed E-state index contributed by atoms with van der Waals surface area (Å²) >= 11 is 1.65. The molecule has 16 heavy (non-hydrogen) atoms. The molecule has 2 heteroatoms. The van der Waals surface area contributed by atoms with Crippen LogP contribution in [0.25, 0.3) is 0 Å². The Morgan fingerprint density at radius 1 is 1.12 bits per heavy atom. The van der Waals surface area contributed by atoms with Gasteiger partial charge in [-0.15, -0.1) is 11.3 Å². The molecule has 0 bridgehead atoms. The summed E-state index contributed by atoms with van der Waals surface area (Å²) in [6, 6.07) is 4.06. The highest BCUT2D eigenvalue weighted by atomic mass is 32.1. The molecule has 0 amide bonds. The third-order valence-electron chi connectivity index (χ3n) is 2.27. The van der Waals surface area contributed by atoms with Crippen LogP contribution in [0.4, 0.5) is 0 Å². The first kappa shape index (κ1) is 13.4. The van der Waals surface area contributed by atoms with Crippen LogP contribution in [-0.2, 0) is 6.42 Å². The van der Waals surface area contributed by atoms with Crippen molar-refractivity contribution in [3.8, 4) is 0 Å². The van der Waals surface area contributed by atoms with Crippen LogP contribution in [0.3, 0.4) is 0 Å². The molecule has 0 aliphatic heterocycles. The second-order valence-electron chi connectivity index (χ2n) is 6.58. The topological polar surface area (TPSA) is 17.1 Å². The van der Waals surface area contributed by atoms with Crippen molar-refractivity contribution in [1.29, 1.82) is 0 Å². The largest absolute Gasteiger partial charge is 0.293 e. The Kier molecular flexibility index (Phi) is 3.63. The van der Waals surface area contributed by atoms with Gasteiger partial charge in [-0.3, -0.25) is 4.79 Å². The number of hydrogen-bond donors (Lipinski definition) is 0. The van der Waals surface area contributed by atoms with Gasteiger partial charge in [-0.2, -0.15) is 0 Å². The van der Waals surface area contributed by atoms with Gasteiger partial charge < -0.3 is 0 Å². The van der Waals surface area contributed by atoms with Gasteiger partial charge in [0.05, 0.1) is 4.88 Å². The Morgan fingerprint density at radius 2 is 1.69 bits per heavy atom. The lowest BCUT2D eigenvalue weighted by Gasteiger charge is -2.17. The lowest BCUT2D eigenvalue weighted by Crippen LogP contribution is -2.18. The maximum Gasteiger partial charge on any atom is 0.178 e. The number of Topliss-reactive ketones (excluding diaryl/α,β-unsaturated/α-hetero) is 1. The molecule has 0 unspecified atom stereocenters. The number of thiophene rings is 1. The molecule has 0 saturated carbocycles. The van der Waals surface area contributed by atoms with E-state index in [-0.39, 0.29) is 16.6 Å². The van der Waals surface area contributed by atoms with Crippen LogP contribution in [0.15, 0.2) is 12.1 Å². The highest BCUT2D eigenvalue weighted by Crippen LogP contribution is 2.29. The highest BCUT2D eigenvalue weighted by Gasteiger charge is 2.24. The van der Waals surface area contributed by atoms with E-state index in [9.17, 15) is 4.79 Å². The third kappa shape index (κ3) is 3.75. The Hall–Kier alpha value is -0.630. The normalized spacial score (nSPS) is 12.9. The van der Waals surface area contributed by atoms with Gasteiger partial charge in [0.25, 0.3) is 0 Å². The molecular weight excluding hydrogens is 216 g/mol. The second-order valence-corrected chi connectivity index (χ2v) is 7.75. The number of ketones is 1. The quantitative estimate of drug-likeness (QED) is 0.690. The van der Waals surface area contributed by atoms with E-state index in [0.717, 1.165) is 11.3 Å². The summed E-state index contributed by atoms with van der Waals surface area (Å²) < 4.78 is 0. The van der Waals surface area contributed by atoms with E-state index in [1.807, 2.05) is 26.8 Å². The highest BCUT2D eigenvalue weighted by molar-refractivity contribution is 7.14. The van der Waals surface area contributed by atoms with Crippen LogP contribution in [0.5, 0.6) is 0 Å². The zero-order chi connectivity index (χ0) is 12.6. The molecule has 0 N–H and O–H groups in total. The molecule has 0 spiro atoms. The van der Waals surface area contributed by atoms with Crippen molar-refractivity contribution in [2.45, 2.75) is 48.0 Å². The first-order valence-corrected chi connectivity index (χ1v) is 6.55. The van der Waals surface area contributed by atoms with E-state index in [4.69, 9.17) is 0 Å². The van der Waals surface area contributed by atoms with Gasteiger partial charge in [0, 0.05) is 10.3 Å². The molecule has 1 nitrogen and oxygen atoms in total. The van der Waals surface area contributed by atoms with E-state index in [1.54, 1.807) is 11.3 Å². The van der Waals surface area contributed by atoms with Gasteiger partial charge in [-0.1, -0.05) is 41.5 Å². The van der Waals surface area contributed by atoms with Crippen LogP contribution in [-0.4, -0.2) is 5.78 Å². The molecule has 1 rings (SSSR count). The molecule has 0 atom stereocenters. The summed E-state index contributed by atoms with van der Waals surface area (Å²) in [5.41, 5.74) is 0.0107. The van der Waals surface area contributed by atoms with E-state index in [2.05, 4.69) is 26.8 Å². The van der Waals surface area contributed by atoms with Crippen molar-refractivity contribution in [3.63, 3.8) is 0 Å². The van der Waals surface area contributed by atoms with E-state index in [0.29, 0.717) is 0 Å². The molecule has 0 fully saturated rings. The minimum Gasteiger partial charge on any atom is -0.293 e. The molecule has 0 radical (unpaired) electrons. The predicted octanol–water partition coefficient (Wildman–Crippen LogP) is 4.57. The standard InChI is InChI=1S/C14H22OS/c1-13(2,3)9-10-7-8-11(16-10)12(15)14(4,5)6/h7-8H,9H2,1-6H3. The van der Waals surface area contributed by atoms with Gasteiger partial charge in [-0.05, 0) is 24.0 Å². The van der Waals surface area contributed by atoms with E-state index < -0.39 is 0 Å². The van der Waals surface area contributed by atoms with Crippen LogP contribution in [0, 0.1) is 10.8 Å². The minimum absolute atomic E-state index is 0.248.